The summed E-state index contributed by atoms with van der Waals surface area (Å²) in [6, 6.07) is 13.8. The molecule has 1 heterocycles. The topological polar surface area (TPSA) is 81.1 Å². The number of halogens is 2. The molecule has 3 rings (SSSR count). The van der Waals surface area contributed by atoms with Crippen LogP contribution in [0.25, 0.3) is 0 Å². The largest absolute Gasteiger partial charge is 0.334 e. The van der Waals surface area contributed by atoms with Crippen LogP contribution in [0.2, 0.25) is 5.02 Å². The number of rotatable bonds is 6. The van der Waals surface area contributed by atoms with Crippen molar-refractivity contribution in [1.29, 1.82) is 0 Å². The Labute approximate surface area is 152 Å². The van der Waals surface area contributed by atoms with Crippen molar-refractivity contribution in [2.45, 2.75) is 10.9 Å². The van der Waals surface area contributed by atoms with Gasteiger partial charge >= 0.3 is 0 Å². The van der Waals surface area contributed by atoms with Gasteiger partial charge in [0.25, 0.3) is 5.95 Å². The fourth-order valence-corrected chi connectivity index (χ4v) is 2.86. The fraction of sp³-hybridized carbons (Fsp3) is 0.0625. The zero-order valence-electron chi connectivity index (χ0n) is 12.9. The van der Waals surface area contributed by atoms with Crippen LogP contribution in [0, 0.1) is 5.82 Å². The van der Waals surface area contributed by atoms with Crippen LogP contribution >= 0.6 is 23.4 Å². The zero-order chi connectivity index (χ0) is 17.6. The molecule has 0 saturated carbocycles. The third kappa shape index (κ3) is 4.49. The van der Waals surface area contributed by atoms with Gasteiger partial charge in [-0.25, -0.2) is 14.5 Å². The molecular formula is C16H14ClFN6S. The van der Waals surface area contributed by atoms with Gasteiger partial charge in [0.15, 0.2) is 0 Å². The highest BCUT2D eigenvalue weighted by Crippen LogP contribution is 2.22. The zero-order valence-corrected chi connectivity index (χ0v) is 14.5. The second-order valence-electron chi connectivity index (χ2n) is 4.98. The molecule has 6 nitrogen and oxygen atoms in total. The number of nitrogens with two attached hydrogens (primary N) is 1. The lowest BCUT2D eigenvalue weighted by molar-refractivity contribution is 0.626. The highest BCUT2D eigenvalue weighted by Gasteiger charge is 2.09. The van der Waals surface area contributed by atoms with Crippen LogP contribution in [-0.2, 0) is 5.75 Å². The van der Waals surface area contributed by atoms with Crippen LogP contribution < -0.4 is 11.3 Å². The Hall–Kier alpha value is -2.58. The van der Waals surface area contributed by atoms with Gasteiger partial charge < -0.3 is 5.84 Å². The van der Waals surface area contributed by atoms with Gasteiger partial charge in [0, 0.05) is 16.3 Å². The number of nitrogen functional groups attached to an aromatic ring is 1. The molecule has 0 fully saturated rings. The molecule has 0 spiro atoms. The molecule has 0 atom stereocenters. The van der Waals surface area contributed by atoms with E-state index < -0.39 is 0 Å². The first-order valence-corrected chi connectivity index (χ1v) is 8.61. The van der Waals surface area contributed by atoms with Crippen LogP contribution in [0.4, 0.5) is 10.3 Å². The van der Waals surface area contributed by atoms with E-state index in [2.05, 4.69) is 20.7 Å². The minimum absolute atomic E-state index is 0.256. The molecule has 3 aromatic rings. The number of aromatic nitrogens is 3. The first-order valence-electron chi connectivity index (χ1n) is 7.25. The second-order valence-corrected chi connectivity index (χ2v) is 6.36. The molecule has 9 heteroatoms. The molecule has 0 bridgehead atoms. The minimum Gasteiger partial charge on any atom is -0.334 e. The van der Waals surface area contributed by atoms with Crippen molar-refractivity contribution in [2.75, 3.05) is 11.3 Å². The molecule has 2 aromatic carbocycles. The Morgan fingerprint density at radius 3 is 2.72 bits per heavy atom. The van der Waals surface area contributed by atoms with Crippen LogP contribution in [0.1, 0.15) is 11.1 Å². The van der Waals surface area contributed by atoms with E-state index in [4.69, 9.17) is 17.4 Å². The highest BCUT2D eigenvalue weighted by atomic mass is 35.5. The van der Waals surface area contributed by atoms with Gasteiger partial charge in [0.05, 0.1) is 6.21 Å². The molecular weight excluding hydrogens is 363 g/mol. The Morgan fingerprint density at radius 2 is 1.96 bits per heavy atom. The van der Waals surface area contributed by atoms with Crippen molar-refractivity contribution in [3.8, 4) is 0 Å². The Kier molecular flexibility index (Phi) is 5.52. The summed E-state index contributed by atoms with van der Waals surface area (Å²) in [5, 5.41) is 13.1. The van der Waals surface area contributed by atoms with Crippen molar-refractivity contribution in [1.82, 2.24) is 14.9 Å². The summed E-state index contributed by atoms with van der Waals surface area (Å²) in [5.74, 6) is 6.51. The third-order valence-electron chi connectivity index (χ3n) is 3.22. The number of hydrogen-bond acceptors (Lipinski definition) is 6. The summed E-state index contributed by atoms with van der Waals surface area (Å²) in [6.45, 7) is 0. The Bertz CT molecular complexity index is 881. The summed E-state index contributed by atoms with van der Waals surface area (Å²) in [5.41, 5.74) is 4.10. The molecule has 0 amide bonds. The average molecular weight is 377 g/mol. The lowest BCUT2D eigenvalue weighted by Crippen LogP contribution is -2.13. The number of hydrazone groups is 1. The number of thioether (sulfide) groups is 1. The smallest absolute Gasteiger partial charge is 0.264 e. The van der Waals surface area contributed by atoms with E-state index in [-0.39, 0.29) is 11.8 Å². The van der Waals surface area contributed by atoms with Gasteiger partial charge in [-0.05, 0) is 23.8 Å². The summed E-state index contributed by atoms with van der Waals surface area (Å²) in [7, 11) is 0. The molecule has 1 aromatic heterocycles. The van der Waals surface area contributed by atoms with E-state index >= 15 is 0 Å². The van der Waals surface area contributed by atoms with Gasteiger partial charge in [0.2, 0.25) is 5.16 Å². The molecule has 0 unspecified atom stereocenters. The maximum Gasteiger partial charge on any atom is 0.264 e. The van der Waals surface area contributed by atoms with E-state index in [1.165, 1.54) is 28.7 Å². The van der Waals surface area contributed by atoms with Gasteiger partial charge in [-0.3, -0.25) is 0 Å². The van der Waals surface area contributed by atoms with Crippen molar-refractivity contribution in [3.05, 3.63) is 70.5 Å². The van der Waals surface area contributed by atoms with Gasteiger partial charge in [0.1, 0.15) is 5.82 Å². The molecule has 0 saturated heterocycles. The predicted molar refractivity (Wildman–Crippen MR) is 98.8 cm³/mol. The van der Waals surface area contributed by atoms with Gasteiger partial charge in [-0.2, -0.15) is 5.10 Å². The number of benzene rings is 2. The molecule has 128 valence electrons. The molecule has 0 radical (unpaired) electrons. The minimum atomic E-state index is -0.360. The maximum atomic E-state index is 13.5. The van der Waals surface area contributed by atoms with Crippen molar-refractivity contribution in [3.63, 3.8) is 0 Å². The van der Waals surface area contributed by atoms with Gasteiger partial charge in [-0.15, -0.1) is 10.2 Å². The first kappa shape index (κ1) is 17.2. The second kappa shape index (κ2) is 8.00. The standard InChI is InChI=1S/C16H14ClFN6S/c17-13-7-5-11(6-8-13)10-25-16-23-22-15(24(16)19)21-20-9-12-3-1-2-4-14(12)18/h1-9H,10,19H2,(H,21,22)/b20-9+. The quantitative estimate of drug-likeness (QED) is 0.298. The van der Waals surface area contributed by atoms with Gasteiger partial charge in [-0.1, -0.05) is 53.7 Å². The normalized spacial score (nSPS) is 11.1. The molecule has 25 heavy (non-hydrogen) atoms. The molecule has 3 N–H and O–H groups in total. The van der Waals surface area contributed by atoms with Crippen LogP contribution in [-0.4, -0.2) is 21.1 Å². The summed E-state index contributed by atoms with van der Waals surface area (Å²) >= 11 is 7.29. The monoisotopic (exact) mass is 376 g/mol. The number of nitrogens with zero attached hydrogens (tertiary/aromatic N) is 4. The predicted octanol–water partition coefficient (Wildman–Crippen LogP) is 3.52. The summed E-state index contributed by atoms with van der Waals surface area (Å²) in [4.78, 5) is 0. The fourth-order valence-electron chi connectivity index (χ4n) is 1.92. The Morgan fingerprint density at radius 1 is 1.20 bits per heavy atom. The van der Waals surface area contributed by atoms with E-state index in [0.717, 1.165) is 5.56 Å². The average Bonchev–Trinajstić information content (AvgIpc) is 2.96. The van der Waals surface area contributed by atoms with Crippen LogP contribution in [0.3, 0.4) is 0 Å². The third-order valence-corrected chi connectivity index (χ3v) is 4.49. The maximum absolute atomic E-state index is 13.5. The molecule has 0 aliphatic heterocycles. The van der Waals surface area contributed by atoms with E-state index in [1.54, 1.807) is 18.2 Å². The Balaban J connectivity index is 1.61. The lowest BCUT2D eigenvalue weighted by atomic mass is 10.2. The molecule has 0 aliphatic rings. The number of hydrogen-bond donors (Lipinski definition) is 2. The van der Waals surface area contributed by atoms with Crippen molar-refractivity contribution >= 4 is 35.5 Å². The van der Waals surface area contributed by atoms with Crippen molar-refractivity contribution in [2.24, 2.45) is 5.10 Å². The van der Waals surface area contributed by atoms with E-state index in [9.17, 15) is 4.39 Å². The summed E-state index contributed by atoms with van der Waals surface area (Å²) < 4.78 is 14.8. The SMILES string of the molecule is Nn1c(N/N=C/c2ccccc2F)nnc1SCc1ccc(Cl)cc1. The molecule has 0 aliphatic carbocycles. The highest BCUT2D eigenvalue weighted by molar-refractivity contribution is 7.98. The van der Waals surface area contributed by atoms with Crippen LogP contribution in [0.5, 0.6) is 0 Å². The number of nitrogens with one attached hydrogen (secondary N) is 1. The lowest BCUT2D eigenvalue weighted by Gasteiger charge is -2.03. The number of anilines is 1. The van der Waals surface area contributed by atoms with Crippen molar-refractivity contribution < 1.29 is 4.39 Å². The first-order chi connectivity index (χ1) is 12.1. The van der Waals surface area contributed by atoms with Crippen LogP contribution in [0.15, 0.2) is 58.8 Å². The van der Waals surface area contributed by atoms with E-state index in [0.29, 0.717) is 21.5 Å². The summed E-state index contributed by atoms with van der Waals surface area (Å²) in [6.07, 6.45) is 1.35. The van der Waals surface area contributed by atoms with E-state index in [1.807, 2.05) is 24.3 Å².